The van der Waals surface area contributed by atoms with Crippen LogP contribution in [0.3, 0.4) is 0 Å². The van der Waals surface area contributed by atoms with Gasteiger partial charge >= 0.3 is 0 Å². The summed E-state index contributed by atoms with van der Waals surface area (Å²) in [6, 6.07) is 6.98. The molecule has 0 heterocycles. The minimum Gasteiger partial charge on any atom is -0.302 e. The summed E-state index contributed by atoms with van der Waals surface area (Å²) in [5, 5.41) is 0. The van der Waals surface area contributed by atoms with E-state index in [1.54, 1.807) is 12.1 Å². The maximum atomic E-state index is 11.1. The lowest BCUT2D eigenvalue weighted by atomic mass is 10.2. The molecule has 1 N–H and O–H groups in total. The molecule has 1 rings (SSSR count). The predicted octanol–water partition coefficient (Wildman–Crippen LogP) is 1.83. The third-order valence-corrected chi connectivity index (χ3v) is 3.12. The monoisotopic (exact) mass is 202 g/mol. The standard InChI is InChI=1S/C8H10O2S2/c1-2-7-5-3-4-6-8(7)12(9,10)11/h3-6H,2H2,1H3,(H,9,10,11). The lowest BCUT2D eigenvalue weighted by molar-refractivity contribution is 0.560. The largest absolute Gasteiger partial charge is 0.302 e. The Labute approximate surface area is 77.1 Å². The number of aryl methyl sites for hydroxylation is 1. The van der Waals surface area contributed by atoms with E-state index in [0.29, 0.717) is 4.90 Å². The van der Waals surface area contributed by atoms with Crippen LogP contribution in [0.2, 0.25) is 0 Å². The van der Waals surface area contributed by atoms with Crippen LogP contribution >= 0.6 is 0 Å². The second kappa shape index (κ2) is 3.51. The Bertz CT molecular complexity index is 368. The highest BCUT2D eigenvalue weighted by atomic mass is 32.8. The number of benzene rings is 1. The van der Waals surface area contributed by atoms with Gasteiger partial charge < -0.3 is 4.55 Å². The van der Waals surface area contributed by atoms with E-state index in [1.165, 1.54) is 0 Å². The van der Waals surface area contributed by atoms with E-state index in [0.717, 1.165) is 12.0 Å². The summed E-state index contributed by atoms with van der Waals surface area (Å²) in [4.78, 5) is 0.377. The molecule has 12 heavy (non-hydrogen) atoms. The molecule has 4 heteroatoms. The van der Waals surface area contributed by atoms with Crippen LogP contribution in [-0.2, 0) is 26.4 Å². The van der Waals surface area contributed by atoms with Gasteiger partial charge in [0.25, 0.3) is 0 Å². The molecule has 1 atom stereocenters. The summed E-state index contributed by atoms with van der Waals surface area (Å²) < 4.78 is 20.3. The highest BCUT2D eigenvalue weighted by Gasteiger charge is 2.08. The van der Waals surface area contributed by atoms with Crippen LogP contribution in [0.4, 0.5) is 0 Å². The zero-order valence-electron chi connectivity index (χ0n) is 6.69. The second-order valence-electron chi connectivity index (χ2n) is 2.44. The minimum atomic E-state index is -3.21. The zero-order chi connectivity index (χ0) is 9.19. The van der Waals surface area contributed by atoms with Gasteiger partial charge in [-0.1, -0.05) is 25.1 Å². The molecule has 0 amide bonds. The Morgan fingerprint density at radius 3 is 2.50 bits per heavy atom. The maximum absolute atomic E-state index is 11.1. The van der Waals surface area contributed by atoms with Crippen molar-refractivity contribution in [1.29, 1.82) is 0 Å². The first kappa shape index (κ1) is 9.64. The van der Waals surface area contributed by atoms with Crippen molar-refractivity contribution in [3.05, 3.63) is 29.8 Å². The summed E-state index contributed by atoms with van der Waals surface area (Å²) >= 11 is 4.49. The van der Waals surface area contributed by atoms with Crippen LogP contribution in [0.15, 0.2) is 29.2 Å². The molecule has 66 valence electrons. The van der Waals surface area contributed by atoms with E-state index in [2.05, 4.69) is 11.2 Å². The van der Waals surface area contributed by atoms with Crippen LogP contribution < -0.4 is 0 Å². The molecule has 0 aromatic heterocycles. The fourth-order valence-corrected chi connectivity index (χ4v) is 2.33. The molecule has 0 bridgehead atoms. The van der Waals surface area contributed by atoms with Gasteiger partial charge in [0, 0.05) is 11.2 Å². The van der Waals surface area contributed by atoms with E-state index in [4.69, 9.17) is 4.55 Å². The van der Waals surface area contributed by atoms with Gasteiger partial charge in [-0.3, -0.25) is 0 Å². The van der Waals surface area contributed by atoms with Gasteiger partial charge in [-0.2, -0.15) is 0 Å². The SMILES string of the molecule is CCc1ccccc1S(=O)(O)=S. The summed E-state index contributed by atoms with van der Waals surface area (Å²) in [6.07, 6.45) is 0.727. The van der Waals surface area contributed by atoms with Crippen LogP contribution in [0.5, 0.6) is 0 Å². The van der Waals surface area contributed by atoms with Gasteiger partial charge in [-0.25, -0.2) is 4.21 Å². The lowest BCUT2D eigenvalue weighted by Gasteiger charge is -2.04. The van der Waals surface area contributed by atoms with Gasteiger partial charge in [0.2, 0.25) is 0 Å². The summed E-state index contributed by atoms with van der Waals surface area (Å²) in [6.45, 7) is 1.93. The summed E-state index contributed by atoms with van der Waals surface area (Å²) in [5.41, 5.74) is 0.847. The third-order valence-electron chi connectivity index (χ3n) is 1.63. The molecule has 0 radical (unpaired) electrons. The highest BCUT2D eigenvalue weighted by Crippen LogP contribution is 2.15. The van der Waals surface area contributed by atoms with E-state index in [1.807, 2.05) is 19.1 Å². The van der Waals surface area contributed by atoms with E-state index >= 15 is 0 Å². The van der Waals surface area contributed by atoms with E-state index in [-0.39, 0.29) is 0 Å². The Morgan fingerprint density at radius 1 is 1.50 bits per heavy atom. The van der Waals surface area contributed by atoms with Gasteiger partial charge in [-0.05, 0) is 18.1 Å². The fraction of sp³-hybridized carbons (Fsp3) is 0.250. The van der Waals surface area contributed by atoms with Crippen molar-refractivity contribution in [2.75, 3.05) is 0 Å². The Hall–Kier alpha value is -0.450. The number of hydrogen-bond acceptors (Lipinski definition) is 2. The molecule has 0 aliphatic rings. The predicted molar refractivity (Wildman–Crippen MR) is 52.2 cm³/mol. The Balaban J connectivity index is 3.33. The molecule has 0 saturated heterocycles. The van der Waals surface area contributed by atoms with Crippen molar-refractivity contribution in [2.45, 2.75) is 18.2 Å². The quantitative estimate of drug-likeness (QED) is 0.795. The zero-order valence-corrected chi connectivity index (χ0v) is 8.32. The Kier molecular flexibility index (Phi) is 2.82. The molecule has 1 aromatic carbocycles. The van der Waals surface area contributed by atoms with Gasteiger partial charge in [-0.15, -0.1) is 0 Å². The summed E-state index contributed by atoms with van der Waals surface area (Å²) in [5.74, 6) is 0. The van der Waals surface area contributed by atoms with E-state index < -0.39 is 8.77 Å². The van der Waals surface area contributed by atoms with Crippen molar-refractivity contribution in [3.8, 4) is 0 Å². The summed E-state index contributed by atoms with van der Waals surface area (Å²) in [7, 11) is -3.21. The molecular formula is C8H10O2S2. The highest BCUT2D eigenvalue weighted by molar-refractivity contribution is 8.29. The van der Waals surface area contributed by atoms with Crippen LogP contribution in [0, 0.1) is 0 Å². The molecule has 0 spiro atoms. The Morgan fingerprint density at radius 2 is 2.08 bits per heavy atom. The molecule has 0 aliphatic carbocycles. The lowest BCUT2D eigenvalue weighted by Crippen LogP contribution is -2.00. The molecular weight excluding hydrogens is 192 g/mol. The first-order valence-electron chi connectivity index (χ1n) is 3.61. The normalized spacial score (nSPS) is 15.5. The van der Waals surface area contributed by atoms with Crippen LogP contribution in [0.1, 0.15) is 12.5 Å². The molecule has 0 saturated carbocycles. The smallest absolute Gasteiger partial charge is 0.171 e. The molecule has 0 fully saturated rings. The van der Waals surface area contributed by atoms with Crippen LogP contribution in [-0.4, -0.2) is 8.76 Å². The fourth-order valence-electron chi connectivity index (χ4n) is 1.05. The first-order valence-corrected chi connectivity index (χ1v) is 6.05. The van der Waals surface area contributed by atoms with Crippen molar-refractivity contribution >= 4 is 20.0 Å². The minimum absolute atomic E-state index is 0.377. The van der Waals surface area contributed by atoms with E-state index in [9.17, 15) is 4.21 Å². The molecule has 0 aliphatic heterocycles. The van der Waals surface area contributed by atoms with Gasteiger partial charge in [0.1, 0.15) is 0 Å². The number of rotatable bonds is 2. The molecule has 1 aromatic rings. The topological polar surface area (TPSA) is 37.3 Å². The van der Waals surface area contributed by atoms with Gasteiger partial charge in [0.05, 0.1) is 4.90 Å². The molecule has 2 nitrogen and oxygen atoms in total. The average Bonchev–Trinajstić information content (AvgIpc) is 2.03. The third kappa shape index (κ3) is 2.03. The van der Waals surface area contributed by atoms with Crippen LogP contribution in [0.25, 0.3) is 0 Å². The van der Waals surface area contributed by atoms with Crippen molar-refractivity contribution in [1.82, 2.24) is 0 Å². The van der Waals surface area contributed by atoms with Crippen molar-refractivity contribution in [2.24, 2.45) is 0 Å². The maximum Gasteiger partial charge on any atom is 0.171 e. The van der Waals surface area contributed by atoms with Crippen molar-refractivity contribution < 1.29 is 8.76 Å². The first-order chi connectivity index (χ1) is 5.55. The van der Waals surface area contributed by atoms with Crippen molar-refractivity contribution in [3.63, 3.8) is 0 Å². The van der Waals surface area contributed by atoms with Gasteiger partial charge in [0.15, 0.2) is 8.77 Å². The molecule has 1 unspecified atom stereocenters. The second-order valence-corrected chi connectivity index (χ2v) is 5.18. The average molecular weight is 202 g/mol. The number of hydrogen-bond donors (Lipinski definition) is 1.